The number of likely N-dealkylation sites (N-methyl/N-ethyl adjacent to an activating group) is 1. The predicted molar refractivity (Wildman–Crippen MR) is 134 cm³/mol. The zero-order valence-corrected chi connectivity index (χ0v) is 19.0. The lowest BCUT2D eigenvalue weighted by atomic mass is 9.93. The lowest BCUT2D eigenvalue weighted by Gasteiger charge is -2.16. The Morgan fingerprint density at radius 3 is 2.13 bits per heavy atom. The average molecular weight is 412 g/mol. The number of unbranched alkanes of at least 4 members (excludes halogenated alkanes) is 2. The van der Waals surface area contributed by atoms with Crippen molar-refractivity contribution >= 4 is 11.6 Å². The van der Waals surface area contributed by atoms with Crippen LogP contribution in [0.3, 0.4) is 0 Å². The van der Waals surface area contributed by atoms with Gasteiger partial charge in [-0.05, 0) is 70.9 Å². The number of carbonyl (C=O) groups is 1. The fourth-order valence-electron chi connectivity index (χ4n) is 3.92. The summed E-state index contributed by atoms with van der Waals surface area (Å²) >= 11 is 0. The van der Waals surface area contributed by atoms with Crippen LogP contribution < -0.4 is 4.90 Å². The van der Waals surface area contributed by atoms with Crippen molar-refractivity contribution in [1.82, 2.24) is 0 Å². The van der Waals surface area contributed by atoms with Crippen LogP contribution in [0.25, 0.3) is 22.3 Å². The number of amides is 1. The highest BCUT2D eigenvalue weighted by Gasteiger charge is 2.09. The third kappa shape index (κ3) is 5.52. The van der Waals surface area contributed by atoms with Crippen LogP contribution in [0, 0.1) is 0 Å². The summed E-state index contributed by atoms with van der Waals surface area (Å²) in [6, 6.07) is 23.9. The summed E-state index contributed by atoms with van der Waals surface area (Å²) in [6.45, 7) is 8.01. The molecule has 1 amide bonds. The Balaban J connectivity index is 1.81. The zero-order chi connectivity index (χ0) is 22.2. The van der Waals surface area contributed by atoms with Gasteiger partial charge in [0.05, 0.1) is 0 Å². The topological polar surface area (TPSA) is 20.3 Å². The van der Waals surface area contributed by atoms with Crippen LogP contribution in [0.15, 0.2) is 79.4 Å². The molecule has 3 aromatic rings. The van der Waals surface area contributed by atoms with E-state index < -0.39 is 0 Å². The van der Waals surface area contributed by atoms with Gasteiger partial charge in [0, 0.05) is 12.7 Å². The van der Waals surface area contributed by atoms with Gasteiger partial charge in [0.2, 0.25) is 5.91 Å². The molecule has 3 rings (SSSR count). The maximum absolute atomic E-state index is 11.8. The number of aryl methyl sites for hydroxylation is 2. The van der Waals surface area contributed by atoms with Crippen LogP contribution in [0.5, 0.6) is 0 Å². The second-order valence-electron chi connectivity index (χ2n) is 8.03. The number of nitrogens with zero attached hydrogens (tertiary/aromatic N) is 1. The van der Waals surface area contributed by atoms with Crippen LogP contribution in [-0.2, 0) is 17.6 Å². The number of anilines is 1. The van der Waals surface area contributed by atoms with Crippen LogP contribution in [0.2, 0.25) is 0 Å². The molecule has 3 aromatic carbocycles. The SMILES string of the molecule is C=CC(=O)N(C)c1ccc(-c2ccc(-c3ccc(CCCCC)cc3)c(CC)c2)cc1. The smallest absolute Gasteiger partial charge is 0.250 e. The quantitative estimate of drug-likeness (QED) is 0.264. The van der Waals surface area contributed by atoms with E-state index in [9.17, 15) is 4.79 Å². The second kappa shape index (κ2) is 10.8. The normalized spacial score (nSPS) is 10.7. The summed E-state index contributed by atoms with van der Waals surface area (Å²) in [5.41, 5.74) is 8.56. The van der Waals surface area contributed by atoms with E-state index in [0.29, 0.717) is 0 Å². The molecule has 0 aromatic heterocycles. The zero-order valence-electron chi connectivity index (χ0n) is 19.0. The molecule has 0 aliphatic rings. The molecule has 2 nitrogen and oxygen atoms in total. The molecule has 0 saturated heterocycles. The molecule has 0 heterocycles. The van der Waals surface area contributed by atoms with Crippen LogP contribution in [-0.4, -0.2) is 13.0 Å². The van der Waals surface area contributed by atoms with Gasteiger partial charge in [-0.15, -0.1) is 0 Å². The van der Waals surface area contributed by atoms with Crippen molar-refractivity contribution < 1.29 is 4.79 Å². The fraction of sp³-hybridized carbons (Fsp3) is 0.276. The maximum Gasteiger partial charge on any atom is 0.250 e. The number of benzene rings is 3. The summed E-state index contributed by atoms with van der Waals surface area (Å²) in [6.07, 6.45) is 7.30. The molecule has 0 radical (unpaired) electrons. The van der Waals surface area contributed by atoms with Gasteiger partial charge in [-0.2, -0.15) is 0 Å². The average Bonchev–Trinajstić information content (AvgIpc) is 2.83. The monoisotopic (exact) mass is 411 g/mol. The van der Waals surface area contributed by atoms with Gasteiger partial charge in [0.25, 0.3) is 0 Å². The number of hydrogen-bond donors (Lipinski definition) is 0. The molecule has 0 atom stereocenters. The van der Waals surface area contributed by atoms with Crippen molar-refractivity contribution in [3.63, 3.8) is 0 Å². The minimum Gasteiger partial charge on any atom is -0.312 e. The minimum absolute atomic E-state index is 0.109. The summed E-state index contributed by atoms with van der Waals surface area (Å²) in [7, 11) is 1.76. The van der Waals surface area contributed by atoms with Gasteiger partial charge in [-0.1, -0.05) is 87.9 Å². The van der Waals surface area contributed by atoms with Crippen molar-refractivity contribution in [2.75, 3.05) is 11.9 Å². The highest BCUT2D eigenvalue weighted by molar-refractivity contribution is 6.00. The second-order valence-corrected chi connectivity index (χ2v) is 8.03. The minimum atomic E-state index is -0.109. The number of hydrogen-bond acceptors (Lipinski definition) is 1. The lowest BCUT2D eigenvalue weighted by molar-refractivity contribution is -0.113. The van der Waals surface area contributed by atoms with Gasteiger partial charge >= 0.3 is 0 Å². The van der Waals surface area contributed by atoms with Gasteiger partial charge in [-0.3, -0.25) is 4.79 Å². The Morgan fingerprint density at radius 2 is 1.52 bits per heavy atom. The van der Waals surface area contributed by atoms with Gasteiger partial charge < -0.3 is 4.90 Å². The van der Waals surface area contributed by atoms with Gasteiger partial charge in [-0.25, -0.2) is 0 Å². The van der Waals surface area contributed by atoms with E-state index in [1.165, 1.54) is 53.2 Å². The van der Waals surface area contributed by atoms with Gasteiger partial charge in [0.1, 0.15) is 0 Å². The molecule has 0 unspecified atom stereocenters. The predicted octanol–water partition coefficient (Wildman–Crippen LogP) is 7.46. The first-order valence-corrected chi connectivity index (χ1v) is 11.3. The van der Waals surface area contributed by atoms with Crippen LogP contribution >= 0.6 is 0 Å². The summed E-state index contributed by atoms with van der Waals surface area (Å²) in [5.74, 6) is -0.109. The van der Waals surface area contributed by atoms with E-state index in [4.69, 9.17) is 0 Å². The van der Waals surface area contributed by atoms with E-state index in [-0.39, 0.29) is 5.91 Å². The molecule has 31 heavy (non-hydrogen) atoms. The summed E-state index contributed by atoms with van der Waals surface area (Å²) in [5, 5.41) is 0. The highest BCUT2D eigenvalue weighted by Crippen LogP contribution is 2.31. The Morgan fingerprint density at radius 1 is 0.871 bits per heavy atom. The van der Waals surface area contributed by atoms with E-state index in [1.54, 1.807) is 11.9 Å². The molecule has 2 heteroatoms. The van der Waals surface area contributed by atoms with Gasteiger partial charge in [0.15, 0.2) is 0 Å². The maximum atomic E-state index is 11.8. The first-order chi connectivity index (χ1) is 15.1. The Bertz CT molecular complexity index is 1020. The van der Waals surface area contributed by atoms with E-state index in [1.807, 2.05) is 12.1 Å². The van der Waals surface area contributed by atoms with E-state index >= 15 is 0 Å². The van der Waals surface area contributed by atoms with Crippen molar-refractivity contribution in [3.8, 4) is 22.3 Å². The molecule has 0 aliphatic heterocycles. The Hall–Kier alpha value is -3.13. The molecule has 0 saturated carbocycles. The van der Waals surface area contributed by atoms with Crippen molar-refractivity contribution in [2.24, 2.45) is 0 Å². The Kier molecular flexibility index (Phi) is 7.83. The highest BCUT2D eigenvalue weighted by atomic mass is 16.2. The van der Waals surface area contributed by atoms with Crippen molar-refractivity contribution in [1.29, 1.82) is 0 Å². The molecule has 0 fully saturated rings. The summed E-state index contributed by atoms with van der Waals surface area (Å²) < 4.78 is 0. The molecule has 0 aliphatic carbocycles. The standard InChI is InChI=1S/C29H33NO/c1-5-8-9-10-22-11-13-25(14-12-22)28-20-17-26(21-23(28)6-2)24-15-18-27(19-16-24)30(4)29(31)7-3/h7,11-21H,3,5-6,8-10H2,1-2,4H3. The first-order valence-electron chi connectivity index (χ1n) is 11.3. The van der Waals surface area contributed by atoms with Crippen molar-refractivity contribution in [3.05, 3.63) is 90.5 Å². The molecular weight excluding hydrogens is 378 g/mol. The molecule has 0 spiro atoms. The molecule has 160 valence electrons. The fourth-order valence-corrected chi connectivity index (χ4v) is 3.92. The van der Waals surface area contributed by atoms with Crippen LogP contribution in [0.1, 0.15) is 44.2 Å². The van der Waals surface area contributed by atoms with E-state index in [0.717, 1.165) is 24.1 Å². The van der Waals surface area contributed by atoms with Crippen molar-refractivity contribution in [2.45, 2.75) is 46.0 Å². The third-order valence-electron chi connectivity index (χ3n) is 5.91. The largest absolute Gasteiger partial charge is 0.312 e. The molecule has 0 bridgehead atoms. The lowest BCUT2D eigenvalue weighted by Crippen LogP contribution is -2.23. The van der Waals surface area contributed by atoms with Crippen LogP contribution in [0.4, 0.5) is 5.69 Å². The Labute approximate surface area is 187 Å². The molecular formula is C29H33NO. The number of carbonyl (C=O) groups excluding carboxylic acids is 1. The third-order valence-corrected chi connectivity index (χ3v) is 5.91. The molecule has 0 N–H and O–H groups in total. The summed E-state index contributed by atoms with van der Waals surface area (Å²) in [4.78, 5) is 13.4. The van der Waals surface area contributed by atoms with E-state index in [2.05, 4.69) is 75.0 Å². The first kappa shape index (κ1) is 22.6. The number of rotatable bonds is 9.